The van der Waals surface area contributed by atoms with E-state index >= 15 is 0 Å². The molecule has 0 heterocycles. The van der Waals surface area contributed by atoms with E-state index in [9.17, 15) is 5.11 Å². The molecule has 5 heteroatoms. The van der Waals surface area contributed by atoms with Gasteiger partial charge < -0.3 is 15.2 Å². The molecule has 0 amide bonds. The van der Waals surface area contributed by atoms with Gasteiger partial charge in [-0.3, -0.25) is 0 Å². The molecule has 0 saturated heterocycles. The highest BCUT2D eigenvalue weighted by Gasteiger charge is 2.26. The first kappa shape index (κ1) is 15.3. The van der Waals surface area contributed by atoms with Crippen LogP contribution in [0.5, 0.6) is 5.75 Å². The van der Waals surface area contributed by atoms with Gasteiger partial charge >= 0.3 is 0 Å². The van der Waals surface area contributed by atoms with E-state index in [-0.39, 0.29) is 6.10 Å². The van der Waals surface area contributed by atoms with Gasteiger partial charge in [0.05, 0.1) is 21.7 Å². The predicted molar refractivity (Wildman–Crippen MR) is 83.4 cm³/mol. The smallest absolute Gasteiger partial charge is 0.147 e. The van der Waals surface area contributed by atoms with Crippen molar-refractivity contribution in [2.24, 2.45) is 5.92 Å². The van der Waals surface area contributed by atoms with Crippen LogP contribution in [0.3, 0.4) is 0 Å². The summed E-state index contributed by atoms with van der Waals surface area (Å²) in [4.78, 5) is 0. The Kier molecular flexibility index (Phi) is 5.69. The molecule has 2 N–H and O–H groups in total. The zero-order chi connectivity index (χ0) is 13.8. The van der Waals surface area contributed by atoms with Gasteiger partial charge in [0.1, 0.15) is 5.75 Å². The van der Waals surface area contributed by atoms with E-state index in [0.29, 0.717) is 12.5 Å². The molecule has 106 valence electrons. The fourth-order valence-electron chi connectivity index (χ4n) is 2.28. The van der Waals surface area contributed by atoms with Crippen LogP contribution in [0, 0.1) is 5.92 Å². The second kappa shape index (κ2) is 7.07. The van der Waals surface area contributed by atoms with Crippen molar-refractivity contribution in [1.82, 2.24) is 5.32 Å². The number of benzene rings is 1. The summed E-state index contributed by atoms with van der Waals surface area (Å²) in [7, 11) is 0. The molecule has 0 radical (unpaired) electrons. The number of hydrogen-bond acceptors (Lipinski definition) is 3. The minimum atomic E-state index is -0.0689. The highest BCUT2D eigenvalue weighted by Crippen LogP contribution is 2.34. The third-order valence-corrected chi connectivity index (χ3v) is 4.50. The number of rotatable bonds is 6. The standard InChI is InChI=1S/C14H19Br2NO2/c1-2-19-14-12(15)5-10(6-13(14)16)8-17-7-9-3-11(18)4-9/h5-6,9,11,17-18H,2-4,7-8H2,1H3. The normalized spacial score (nSPS) is 22.1. The lowest BCUT2D eigenvalue weighted by atomic mass is 9.82. The quantitative estimate of drug-likeness (QED) is 0.778. The maximum atomic E-state index is 9.23. The average molecular weight is 393 g/mol. The molecule has 0 bridgehead atoms. The Balaban J connectivity index is 1.86. The zero-order valence-electron chi connectivity index (χ0n) is 11.0. The van der Waals surface area contributed by atoms with Crippen molar-refractivity contribution in [2.45, 2.75) is 32.4 Å². The molecule has 2 rings (SSSR count). The first-order valence-electron chi connectivity index (χ1n) is 6.59. The summed E-state index contributed by atoms with van der Waals surface area (Å²) in [6, 6.07) is 4.16. The molecule has 1 aromatic rings. The Morgan fingerprint density at radius 1 is 1.32 bits per heavy atom. The number of ether oxygens (including phenoxy) is 1. The number of halogens is 2. The van der Waals surface area contributed by atoms with Crippen molar-refractivity contribution in [3.05, 3.63) is 26.6 Å². The van der Waals surface area contributed by atoms with Gasteiger partial charge in [0.2, 0.25) is 0 Å². The van der Waals surface area contributed by atoms with Gasteiger partial charge in [-0.1, -0.05) is 0 Å². The van der Waals surface area contributed by atoms with Crippen LogP contribution >= 0.6 is 31.9 Å². The maximum absolute atomic E-state index is 9.23. The topological polar surface area (TPSA) is 41.5 Å². The van der Waals surface area contributed by atoms with Crippen molar-refractivity contribution < 1.29 is 9.84 Å². The monoisotopic (exact) mass is 391 g/mol. The molecule has 0 atom stereocenters. The summed E-state index contributed by atoms with van der Waals surface area (Å²) in [5.74, 6) is 1.48. The summed E-state index contributed by atoms with van der Waals surface area (Å²) < 4.78 is 7.51. The third-order valence-electron chi connectivity index (χ3n) is 3.32. The first-order valence-corrected chi connectivity index (χ1v) is 8.18. The Morgan fingerprint density at radius 3 is 2.47 bits per heavy atom. The molecule has 0 aromatic heterocycles. The van der Waals surface area contributed by atoms with E-state index in [2.05, 4.69) is 49.3 Å². The third kappa shape index (κ3) is 4.18. The minimum Gasteiger partial charge on any atom is -0.492 e. The highest BCUT2D eigenvalue weighted by atomic mass is 79.9. The molecular formula is C14H19Br2NO2. The molecule has 1 aliphatic rings. The van der Waals surface area contributed by atoms with Crippen molar-refractivity contribution in [2.75, 3.05) is 13.2 Å². The van der Waals surface area contributed by atoms with Crippen LogP contribution in [0.2, 0.25) is 0 Å². The van der Waals surface area contributed by atoms with Gasteiger partial charge in [-0.15, -0.1) is 0 Å². The van der Waals surface area contributed by atoms with Gasteiger partial charge in [-0.25, -0.2) is 0 Å². The van der Waals surface area contributed by atoms with Gasteiger partial charge in [0.15, 0.2) is 0 Å². The van der Waals surface area contributed by atoms with Crippen LogP contribution in [-0.2, 0) is 6.54 Å². The van der Waals surface area contributed by atoms with Crippen LogP contribution in [0.4, 0.5) is 0 Å². The molecule has 19 heavy (non-hydrogen) atoms. The van der Waals surface area contributed by atoms with E-state index in [4.69, 9.17) is 4.74 Å². The van der Waals surface area contributed by atoms with Crippen molar-refractivity contribution in [3.63, 3.8) is 0 Å². The van der Waals surface area contributed by atoms with Crippen molar-refractivity contribution >= 4 is 31.9 Å². The van der Waals surface area contributed by atoms with Crippen molar-refractivity contribution in [3.8, 4) is 5.75 Å². The van der Waals surface area contributed by atoms with Crippen molar-refractivity contribution in [1.29, 1.82) is 0 Å². The Morgan fingerprint density at radius 2 is 1.95 bits per heavy atom. The summed E-state index contributed by atoms with van der Waals surface area (Å²) in [5.41, 5.74) is 1.21. The van der Waals surface area contributed by atoms with Gasteiger partial charge in [0, 0.05) is 6.54 Å². The molecule has 1 aliphatic carbocycles. The lowest BCUT2D eigenvalue weighted by Gasteiger charge is -2.31. The first-order chi connectivity index (χ1) is 9.10. The molecule has 0 unspecified atom stereocenters. The average Bonchev–Trinajstić information content (AvgIpc) is 2.31. The summed E-state index contributed by atoms with van der Waals surface area (Å²) in [6.07, 6.45) is 1.80. The zero-order valence-corrected chi connectivity index (χ0v) is 14.1. The summed E-state index contributed by atoms with van der Waals surface area (Å²) in [6.45, 7) is 4.43. The second-order valence-electron chi connectivity index (χ2n) is 4.94. The second-order valence-corrected chi connectivity index (χ2v) is 6.65. The van der Waals surface area contributed by atoms with Crippen LogP contribution in [0.25, 0.3) is 0 Å². The maximum Gasteiger partial charge on any atom is 0.147 e. The SMILES string of the molecule is CCOc1c(Br)cc(CNCC2CC(O)C2)cc1Br. The Bertz CT molecular complexity index is 410. The van der Waals surface area contributed by atoms with E-state index in [1.165, 1.54) is 5.56 Å². The molecule has 1 fully saturated rings. The number of hydrogen-bond donors (Lipinski definition) is 2. The Hall–Kier alpha value is -0.100. The molecule has 0 spiro atoms. The van der Waals surface area contributed by atoms with Crippen LogP contribution in [0.15, 0.2) is 21.1 Å². The van der Waals surface area contributed by atoms with E-state index in [1.807, 2.05) is 6.92 Å². The van der Waals surface area contributed by atoms with Crippen LogP contribution < -0.4 is 10.1 Å². The summed E-state index contributed by atoms with van der Waals surface area (Å²) >= 11 is 7.07. The minimum absolute atomic E-state index is 0.0689. The van der Waals surface area contributed by atoms with E-state index in [0.717, 1.165) is 40.6 Å². The van der Waals surface area contributed by atoms with E-state index < -0.39 is 0 Å². The summed E-state index contributed by atoms with van der Waals surface area (Å²) in [5, 5.41) is 12.7. The van der Waals surface area contributed by atoms with Crippen LogP contribution in [-0.4, -0.2) is 24.4 Å². The number of nitrogens with one attached hydrogen (secondary N) is 1. The molecule has 1 saturated carbocycles. The predicted octanol–water partition coefficient (Wildman–Crippen LogP) is 3.47. The molecular weight excluding hydrogens is 374 g/mol. The number of aliphatic hydroxyl groups excluding tert-OH is 1. The largest absolute Gasteiger partial charge is 0.492 e. The van der Waals surface area contributed by atoms with Gasteiger partial charge in [-0.05, 0) is 81.8 Å². The lowest BCUT2D eigenvalue weighted by molar-refractivity contribution is 0.0430. The highest BCUT2D eigenvalue weighted by molar-refractivity contribution is 9.11. The fourth-order valence-corrected chi connectivity index (χ4v) is 3.79. The fraction of sp³-hybridized carbons (Fsp3) is 0.571. The van der Waals surface area contributed by atoms with Gasteiger partial charge in [0.25, 0.3) is 0 Å². The van der Waals surface area contributed by atoms with Crippen LogP contribution in [0.1, 0.15) is 25.3 Å². The Labute approximate surface area is 131 Å². The molecule has 0 aliphatic heterocycles. The lowest BCUT2D eigenvalue weighted by Crippen LogP contribution is -2.35. The van der Waals surface area contributed by atoms with Gasteiger partial charge in [-0.2, -0.15) is 0 Å². The molecule has 1 aromatic carbocycles. The number of aliphatic hydroxyl groups is 1. The molecule has 3 nitrogen and oxygen atoms in total. The van der Waals surface area contributed by atoms with E-state index in [1.54, 1.807) is 0 Å².